The lowest BCUT2D eigenvalue weighted by Gasteiger charge is -2.07. The summed E-state index contributed by atoms with van der Waals surface area (Å²) in [6, 6.07) is 4.32. The van der Waals surface area contributed by atoms with Gasteiger partial charge in [0.15, 0.2) is 3.70 Å². The molecule has 94 valence electrons. The summed E-state index contributed by atoms with van der Waals surface area (Å²) in [6.45, 7) is 0. The van der Waals surface area contributed by atoms with Crippen molar-refractivity contribution in [1.29, 1.82) is 0 Å². The molecule has 1 heterocycles. The van der Waals surface area contributed by atoms with Crippen LogP contribution in [0.3, 0.4) is 0 Å². The predicted octanol–water partition coefficient (Wildman–Crippen LogP) is 3.91. The van der Waals surface area contributed by atoms with E-state index in [0.717, 1.165) is 12.1 Å². The number of halogens is 5. The van der Waals surface area contributed by atoms with Gasteiger partial charge in [-0.2, -0.15) is 17.6 Å². The molecule has 0 saturated heterocycles. The summed E-state index contributed by atoms with van der Waals surface area (Å²) < 4.78 is 50.3. The number of benzene rings is 1. The van der Waals surface area contributed by atoms with E-state index in [0.29, 0.717) is 5.56 Å². The van der Waals surface area contributed by atoms with Gasteiger partial charge in [-0.15, -0.1) is 0 Å². The van der Waals surface area contributed by atoms with Crippen molar-refractivity contribution in [1.82, 2.24) is 9.97 Å². The molecule has 1 aromatic heterocycles. The van der Waals surface area contributed by atoms with Crippen molar-refractivity contribution in [3.63, 3.8) is 0 Å². The summed E-state index contributed by atoms with van der Waals surface area (Å²) in [4.78, 5) is 7.37. The van der Waals surface area contributed by atoms with Crippen molar-refractivity contribution in [2.75, 3.05) is 0 Å². The smallest absolute Gasteiger partial charge is 0.243 e. The van der Waals surface area contributed by atoms with Gasteiger partial charge in [-0.1, -0.05) is 12.1 Å². The molecule has 0 fully saturated rings. The van der Waals surface area contributed by atoms with Gasteiger partial charge in [0.05, 0.1) is 17.5 Å². The van der Waals surface area contributed by atoms with Crippen LogP contribution in [0.15, 0.2) is 30.5 Å². The van der Waals surface area contributed by atoms with Gasteiger partial charge in [0, 0.05) is 5.56 Å². The summed E-state index contributed by atoms with van der Waals surface area (Å²) in [5.74, 6) is -0.743. The molecule has 0 aliphatic heterocycles. The van der Waals surface area contributed by atoms with Gasteiger partial charge in [0.1, 0.15) is 0 Å². The second-order valence-corrected chi connectivity index (χ2v) is 4.43. The van der Waals surface area contributed by atoms with Gasteiger partial charge in [0.2, 0.25) is 5.95 Å². The van der Waals surface area contributed by atoms with Gasteiger partial charge in [-0.05, 0) is 34.7 Å². The van der Waals surface area contributed by atoms with Crippen molar-refractivity contribution in [3.05, 3.63) is 45.7 Å². The Balaban J connectivity index is 2.37. The van der Waals surface area contributed by atoms with E-state index in [1.54, 1.807) is 22.6 Å². The lowest BCUT2D eigenvalue weighted by Crippen LogP contribution is -2.04. The van der Waals surface area contributed by atoms with Crippen LogP contribution in [0.4, 0.5) is 17.6 Å². The Kier molecular flexibility index (Phi) is 3.51. The van der Waals surface area contributed by atoms with Crippen LogP contribution < -0.4 is 0 Å². The third-order valence-corrected chi connectivity index (χ3v) is 2.92. The van der Waals surface area contributed by atoms with Gasteiger partial charge in [0.25, 0.3) is 0 Å². The second-order valence-electron chi connectivity index (χ2n) is 3.41. The van der Waals surface area contributed by atoms with Gasteiger partial charge < -0.3 is 0 Å². The molecule has 0 aliphatic carbocycles. The topological polar surface area (TPSA) is 25.8 Å². The molecule has 2 rings (SSSR count). The summed E-state index contributed by atoms with van der Waals surface area (Å²) in [7, 11) is 0. The first-order valence-corrected chi connectivity index (χ1v) is 5.81. The fraction of sp³-hybridized carbons (Fsp3) is 0.0909. The number of nitrogens with zero attached hydrogens (tertiary/aromatic N) is 2. The first kappa shape index (κ1) is 13.2. The zero-order valence-corrected chi connectivity index (χ0v) is 10.8. The largest absolute Gasteiger partial charge is 0.416 e. The number of hydrogen-bond acceptors (Lipinski definition) is 2. The molecule has 0 atom stereocenters. The zero-order chi connectivity index (χ0) is 13.3. The fourth-order valence-electron chi connectivity index (χ4n) is 1.32. The van der Waals surface area contributed by atoms with Crippen molar-refractivity contribution in [3.8, 4) is 11.3 Å². The summed E-state index contributed by atoms with van der Waals surface area (Å²) in [5, 5.41) is 0. The Morgan fingerprint density at radius 3 is 2.17 bits per heavy atom. The molecule has 0 amide bonds. The van der Waals surface area contributed by atoms with E-state index in [4.69, 9.17) is 0 Å². The van der Waals surface area contributed by atoms with E-state index in [-0.39, 0.29) is 9.39 Å². The molecule has 0 unspecified atom stereocenters. The van der Waals surface area contributed by atoms with Crippen LogP contribution in [0.1, 0.15) is 5.56 Å². The standard InChI is InChI=1S/C11H5F4IN2/c12-9-10(16)17-5-8(18-9)6-1-3-7(4-2-6)11(13,14)15/h1-5H. The minimum Gasteiger partial charge on any atom is -0.243 e. The Hall–Kier alpha value is -1.25. The number of rotatable bonds is 1. The SMILES string of the molecule is Fc1nc(-c2ccc(C(F)(F)F)cc2)cnc1I. The van der Waals surface area contributed by atoms with E-state index >= 15 is 0 Å². The van der Waals surface area contributed by atoms with E-state index in [9.17, 15) is 17.6 Å². The summed E-state index contributed by atoms with van der Waals surface area (Å²) in [6.07, 6.45) is -3.07. The normalized spacial score (nSPS) is 11.6. The highest BCUT2D eigenvalue weighted by atomic mass is 127. The Bertz CT molecular complexity index is 566. The average molecular weight is 368 g/mol. The van der Waals surface area contributed by atoms with Crippen LogP contribution in [-0.4, -0.2) is 9.97 Å². The van der Waals surface area contributed by atoms with Gasteiger partial charge in [-0.25, -0.2) is 9.97 Å². The number of aromatic nitrogens is 2. The van der Waals surface area contributed by atoms with Crippen LogP contribution in [0, 0.1) is 9.65 Å². The molecule has 0 aliphatic rings. The number of alkyl halides is 3. The Labute approximate surface area is 113 Å². The summed E-state index contributed by atoms with van der Waals surface area (Å²) >= 11 is 1.68. The Morgan fingerprint density at radius 2 is 1.67 bits per heavy atom. The second kappa shape index (κ2) is 4.79. The minimum absolute atomic E-state index is 0.114. The zero-order valence-electron chi connectivity index (χ0n) is 8.67. The van der Waals surface area contributed by atoms with Gasteiger partial charge in [-0.3, -0.25) is 0 Å². The first-order chi connectivity index (χ1) is 8.38. The molecule has 18 heavy (non-hydrogen) atoms. The number of hydrogen-bond donors (Lipinski definition) is 0. The monoisotopic (exact) mass is 368 g/mol. The van der Waals surface area contributed by atoms with Crippen molar-refractivity contribution in [2.45, 2.75) is 6.18 Å². The lowest BCUT2D eigenvalue weighted by atomic mass is 10.1. The quantitative estimate of drug-likeness (QED) is 0.564. The Morgan fingerprint density at radius 1 is 1.06 bits per heavy atom. The maximum absolute atomic E-state index is 13.2. The minimum atomic E-state index is -4.39. The van der Waals surface area contributed by atoms with Crippen molar-refractivity contribution >= 4 is 22.6 Å². The van der Waals surface area contributed by atoms with Gasteiger partial charge >= 0.3 is 6.18 Å². The molecule has 0 saturated carbocycles. The van der Waals surface area contributed by atoms with Crippen molar-refractivity contribution in [2.24, 2.45) is 0 Å². The molecule has 2 aromatic rings. The maximum Gasteiger partial charge on any atom is 0.416 e. The van der Waals surface area contributed by atoms with Crippen LogP contribution in [0.2, 0.25) is 0 Å². The molecule has 2 nitrogen and oxygen atoms in total. The lowest BCUT2D eigenvalue weighted by molar-refractivity contribution is -0.137. The molecule has 0 N–H and O–H groups in total. The van der Waals surface area contributed by atoms with Crippen LogP contribution in [0.25, 0.3) is 11.3 Å². The molecule has 0 spiro atoms. The predicted molar refractivity (Wildman–Crippen MR) is 65.1 cm³/mol. The highest BCUT2D eigenvalue weighted by Crippen LogP contribution is 2.30. The molecular formula is C11H5F4IN2. The highest BCUT2D eigenvalue weighted by Gasteiger charge is 2.30. The van der Waals surface area contributed by atoms with Crippen LogP contribution in [0.5, 0.6) is 0 Å². The van der Waals surface area contributed by atoms with Crippen LogP contribution >= 0.6 is 22.6 Å². The van der Waals surface area contributed by atoms with E-state index in [1.165, 1.54) is 18.3 Å². The maximum atomic E-state index is 13.2. The highest BCUT2D eigenvalue weighted by molar-refractivity contribution is 14.1. The first-order valence-electron chi connectivity index (χ1n) is 4.73. The van der Waals surface area contributed by atoms with Crippen LogP contribution in [-0.2, 0) is 6.18 Å². The van der Waals surface area contributed by atoms with E-state index in [1.807, 2.05) is 0 Å². The molecule has 7 heteroatoms. The van der Waals surface area contributed by atoms with E-state index < -0.39 is 17.7 Å². The summed E-state index contributed by atoms with van der Waals surface area (Å²) in [5.41, 5.74) is -0.183. The van der Waals surface area contributed by atoms with E-state index in [2.05, 4.69) is 9.97 Å². The third-order valence-electron chi connectivity index (χ3n) is 2.20. The molecule has 0 bridgehead atoms. The van der Waals surface area contributed by atoms with Crippen molar-refractivity contribution < 1.29 is 17.6 Å². The average Bonchev–Trinajstić information content (AvgIpc) is 2.32. The third kappa shape index (κ3) is 2.77. The molecule has 0 radical (unpaired) electrons. The fourth-order valence-corrected chi connectivity index (χ4v) is 1.58. The molecule has 1 aromatic carbocycles. The molecular weight excluding hydrogens is 363 g/mol.